The van der Waals surface area contributed by atoms with Gasteiger partial charge in [0.1, 0.15) is 0 Å². The molecule has 1 N–H and O–H groups in total. The Bertz CT molecular complexity index is 720. The Morgan fingerprint density at radius 1 is 1.42 bits per heavy atom. The van der Waals surface area contributed by atoms with Gasteiger partial charge in [-0.15, -0.1) is 12.4 Å². The third-order valence-corrected chi connectivity index (χ3v) is 4.87. The van der Waals surface area contributed by atoms with Gasteiger partial charge in [0.15, 0.2) is 5.82 Å². The molecule has 1 saturated heterocycles. The molecule has 2 aromatic rings. The van der Waals surface area contributed by atoms with E-state index < -0.39 is 0 Å². The van der Waals surface area contributed by atoms with Gasteiger partial charge in [0.25, 0.3) is 5.91 Å². The van der Waals surface area contributed by atoms with Crippen molar-refractivity contribution in [1.29, 1.82) is 0 Å². The molecule has 1 aromatic carbocycles. The van der Waals surface area contributed by atoms with E-state index >= 15 is 0 Å². The van der Waals surface area contributed by atoms with Crippen LogP contribution in [0.4, 0.5) is 0 Å². The van der Waals surface area contributed by atoms with Crippen molar-refractivity contribution in [2.24, 2.45) is 0 Å². The summed E-state index contributed by atoms with van der Waals surface area (Å²) in [5.74, 6) is 1.45. The molecule has 0 spiro atoms. The lowest BCUT2D eigenvalue weighted by atomic mass is 9.97. The first-order valence-electron chi connectivity index (χ1n) is 8.61. The Morgan fingerprint density at radius 3 is 2.85 bits per heavy atom. The van der Waals surface area contributed by atoms with Crippen molar-refractivity contribution in [2.75, 3.05) is 20.1 Å². The average molecular weight is 399 g/mol. The van der Waals surface area contributed by atoms with E-state index in [2.05, 4.69) is 22.4 Å². The van der Waals surface area contributed by atoms with Gasteiger partial charge in [-0.2, -0.15) is 4.98 Å². The van der Waals surface area contributed by atoms with Crippen LogP contribution < -0.4 is 5.32 Å². The molecule has 0 aliphatic carbocycles. The van der Waals surface area contributed by atoms with E-state index in [1.807, 2.05) is 11.9 Å². The normalized spacial score (nSPS) is 18.3. The van der Waals surface area contributed by atoms with Crippen LogP contribution in [0.15, 0.2) is 28.8 Å². The van der Waals surface area contributed by atoms with E-state index in [4.69, 9.17) is 16.1 Å². The van der Waals surface area contributed by atoms with Crippen LogP contribution in [0.25, 0.3) is 0 Å². The third kappa shape index (κ3) is 4.96. The van der Waals surface area contributed by atoms with Crippen LogP contribution in [-0.2, 0) is 6.42 Å². The van der Waals surface area contributed by atoms with Crippen molar-refractivity contribution < 1.29 is 9.32 Å². The van der Waals surface area contributed by atoms with Gasteiger partial charge in [-0.05, 0) is 51.1 Å². The number of hydrogen-bond donors (Lipinski definition) is 1. The van der Waals surface area contributed by atoms with Crippen LogP contribution in [-0.4, -0.2) is 47.1 Å². The molecule has 0 bridgehead atoms. The van der Waals surface area contributed by atoms with E-state index in [9.17, 15) is 4.79 Å². The molecule has 1 aliphatic heterocycles. The van der Waals surface area contributed by atoms with Crippen LogP contribution in [0.2, 0.25) is 5.02 Å². The second-order valence-electron chi connectivity index (χ2n) is 6.54. The minimum Gasteiger partial charge on any atom is -0.339 e. The number of aromatic nitrogens is 2. The Kier molecular flexibility index (Phi) is 7.43. The van der Waals surface area contributed by atoms with Crippen LogP contribution >= 0.6 is 24.0 Å². The molecule has 26 heavy (non-hydrogen) atoms. The molecule has 1 fully saturated rings. The van der Waals surface area contributed by atoms with Crippen LogP contribution in [0, 0.1) is 0 Å². The number of rotatable bonds is 5. The third-order valence-electron chi connectivity index (χ3n) is 4.61. The topological polar surface area (TPSA) is 71.3 Å². The number of nitrogens with one attached hydrogen (secondary N) is 1. The van der Waals surface area contributed by atoms with Crippen molar-refractivity contribution >= 4 is 29.9 Å². The first kappa shape index (κ1) is 20.7. The molecule has 1 aliphatic rings. The summed E-state index contributed by atoms with van der Waals surface area (Å²) in [4.78, 5) is 19.1. The summed E-state index contributed by atoms with van der Waals surface area (Å²) in [6.07, 6.45) is 2.60. The van der Waals surface area contributed by atoms with Gasteiger partial charge in [0.2, 0.25) is 5.89 Å². The number of halogens is 2. The van der Waals surface area contributed by atoms with Crippen LogP contribution in [0.3, 0.4) is 0 Å². The van der Waals surface area contributed by atoms with Crippen molar-refractivity contribution in [3.63, 3.8) is 0 Å². The number of nitrogens with zero attached hydrogens (tertiary/aromatic N) is 3. The average Bonchev–Trinajstić information content (AvgIpc) is 3.10. The molecule has 2 unspecified atom stereocenters. The highest BCUT2D eigenvalue weighted by atomic mass is 35.5. The first-order chi connectivity index (χ1) is 12.1. The van der Waals surface area contributed by atoms with Gasteiger partial charge < -0.3 is 14.7 Å². The fourth-order valence-corrected chi connectivity index (χ4v) is 3.16. The molecule has 8 heteroatoms. The number of benzene rings is 1. The van der Waals surface area contributed by atoms with Gasteiger partial charge in [-0.3, -0.25) is 4.79 Å². The lowest BCUT2D eigenvalue weighted by molar-refractivity contribution is 0.0695. The van der Waals surface area contributed by atoms with Crippen LogP contribution in [0.5, 0.6) is 0 Å². The zero-order valence-electron chi connectivity index (χ0n) is 14.9. The van der Waals surface area contributed by atoms with E-state index in [-0.39, 0.29) is 24.2 Å². The van der Waals surface area contributed by atoms with Gasteiger partial charge >= 0.3 is 0 Å². The summed E-state index contributed by atoms with van der Waals surface area (Å²) in [5.41, 5.74) is 0.652. The molecule has 0 saturated carbocycles. The van der Waals surface area contributed by atoms with Gasteiger partial charge in [0.05, 0.1) is 5.92 Å². The van der Waals surface area contributed by atoms with Gasteiger partial charge in [-0.25, -0.2) is 0 Å². The maximum Gasteiger partial charge on any atom is 0.253 e. The lowest BCUT2D eigenvalue weighted by Gasteiger charge is -2.31. The molecular weight excluding hydrogens is 375 g/mol. The number of hydrogen-bond acceptors (Lipinski definition) is 5. The highest BCUT2D eigenvalue weighted by Crippen LogP contribution is 2.27. The summed E-state index contributed by atoms with van der Waals surface area (Å²) < 4.78 is 5.45. The van der Waals surface area contributed by atoms with Gasteiger partial charge in [0, 0.05) is 36.1 Å². The Labute approximate surface area is 164 Å². The van der Waals surface area contributed by atoms with E-state index in [1.165, 1.54) is 0 Å². The molecule has 0 radical (unpaired) electrons. The number of amides is 1. The number of likely N-dealkylation sites (tertiary alicyclic amines) is 1. The monoisotopic (exact) mass is 398 g/mol. The summed E-state index contributed by atoms with van der Waals surface area (Å²) in [6.45, 7) is 3.42. The lowest BCUT2D eigenvalue weighted by Crippen LogP contribution is -2.39. The largest absolute Gasteiger partial charge is 0.339 e. The fraction of sp³-hybridized carbons (Fsp3) is 0.500. The summed E-state index contributed by atoms with van der Waals surface area (Å²) >= 11 is 5.90. The van der Waals surface area contributed by atoms with E-state index in [0.29, 0.717) is 34.9 Å². The van der Waals surface area contributed by atoms with Crippen molar-refractivity contribution in [3.8, 4) is 0 Å². The van der Waals surface area contributed by atoms with Crippen LogP contribution in [0.1, 0.15) is 47.8 Å². The smallest absolute Gasteiger partial charge is 0.253 e. The standard InChI is InChI=1S/C18H23ClN4O2.ClH/c1-12(20-2)10-16-21-17(25-22-16)14-4-3-9-23(11-14)18(24)13-5-7-15(19)8-6-13;/h5-8,12,14,20H,3-4,9-11H2,1-2H3;1H. The highest BCUT2D eigenvalue weighted by molar-refractivity contribution is 6.30. The number of likely N-dealkylation sites (N-methyl/N-ethyl adjacent to an activating group) is 1. The Hall–Kier alpha value is -1.63. The zero-order valence-corrected chi connectivity index (χ0v) is 16.5. The maximum atomic E-state index is 12.7. The minimum absolute atomic E-state index is 0. The number of piperidine rings is 1. The zero-order chi connectivity index (χ0) is 17.8. The number of carbonyl (C=O) groups excluding carboxylic acids is 1. The predicted octanol–water partition coefficient (Wildman–Crippen LogP) is 3.32. The van der Waals surface area contributed by atoms with Crippen molar-refractivity contribution in [2.45, 2.75) is 38.1 Å². The quantitative estimate of drug-likeness (QED) is 0.835. The van der Waals surface area contributed by atoms with Crippen molar-refractivity contribution in [1.82, 2.24) is 20.4 Å². The molecule has 2 atom stereocenters. The molecule has 2 heterocycles. The van der Waals surface area contributed by atoms with E-state index in [0.717, 1.165) is 25.8 Å². The molecule has 1 aromatic heterocycles. The molecule has 6 nitrogen and oxygen atoms in total. The van der Waals surface area contributed by atoms with E-state index in [1.54, 1.807) is 24.3 Å². The van der Waals surface area contributed by atoms with Crippen molar-refractivity contribution in [3.05, 3.63) is 46.6 Å². The Balaban J connectivity index is 0.00000243. The maximum absolute atomic E-state index is 12.7. The SMILES string of the molecule is CNC(C)Cc1noc(C2CCCN(C(=O)c3ccc(Cl)cc3)C2)n1.Cl. The summed E-state index contributed by atoms with van der Waals surface area (Å²) in [7, 11) is 1.91. The fourth-order valence-electron chi connectivity index (χ4n) is 3.03. The second kappa shape index (κ2) is 9.35. The summed E-state index contributed by atoms with van der Waals surface area (Å²) in [5, 5.41) is 7.86. The van der Waals surface area contributed by atoms with Gasteiger partial charge in [-0.1, -0.05) is 16.8 Å². The molecule has 1 amide bonds. The number of carbonyl (C=O) groups is 1. The minimum atomic E-state index is 0. The second-order valence-corrected chi connectivity index (χ2v) is 6.98. The first-order valence-corrected chi connectivity index (χ1v) is 8.99. The highest BCUT2D eigenvalue weighted by Gasteiger charge is 2.29. The summed E-state index contributed by atoms with van der Waals surface area (Å²) in [6, 6.07) is 7.29. The predicted molar refractivity (Wildman–Crippen MR) is 103 cm³/mol. The molecule has 3 rings (SSSR count). The molecule has 142 valence electrons. The molecular formula is C18H24Cl2N4O2. The Morgan fingerprint density at radius 2 is 2.15 bits per heavy atom.